The Labute approximate surface area is 674 Å². The highest BCUT2D eigenvalue weighted by Crippen LogP contribution is 2.28. The Morgan fingerprint density at radius 3 is 1.66 bits per heavy atom. The number of rotatable bonds is 52. The fourth-order valence-electron chi connectivity index (χ4n) is 13.0. The Morgan fingerprint density at radius 2 is 1.11 bits per heavy atom. The van der Waals surface area contributed by atoms with Gasteiger partial charge >= 0.3 is 5.97 Å². The van der Waals surface area contributed by atoms with Gasteiger partial charge in [-0.15, -0.1) is 0 Å². The SMILES string of the molecule is CCCCCCCCCCCCC[C@H](CC(=O)N[C@@H](C(=O)N[C@H](C)C(=O)N[C@@H](Cc1ccc(O)c(NC(=O)[C@H](N)CO)c1)C(=O)N[C@H](C(=O)N1C[C@H](O)C[C@H]1C(=O)N[C@@H](C(=O)N[C@H](C(=O)N1CC[C@H](O)[C@H]1C(=O)N[C@H](C(=O)NCC(=O)N[C@@H](C(N)=O)[C@@H](C)O)[C@H](O)CC(N)=O)[C@@H](C)O)[C@@H](C)O)C(C)C)[C@@H](C)O)OC(=O)[C@@H](C)CCCN. The van der Waals surface area contributed by atoms with Gasteiger partial charge in [0.05, 0.1) is 80.3 Å². The minimum absolute atomic E-state index is 0.117. The first-order valence-corrected chi connectivity index (χ1v) is 39.5. The number of aliphatic hydroxyl groups excluding tert-OH is 8. The molecule has 656 valence electrons. The summed E-state index contributed by atoms with van der Waals surface area (Å²) < 4.78 is 5.85. The average molecular weight is 1650 g/mol. The van der Waals surface area contributed by atoms with E-state index in [4.69, 9.17) is 27.7 Å². The molecule has 2 aliphatic heterocycles. The second-order valence-electron chi connectivity index (χ2n) is 30.4. The van der Waals surface area contributed by atoms with E-state index in [0.717, 1.165) is 63.8 Å². The molecule has 0 spiro atoms. The summed E-state index contributed by atoms with van der Waals surface area (Å²) in [6.45, 7) is 9.93. The minimum atomic E-state index is -2.15. The van der Waals surface area contributed by atoms with Crippen molar-refractivity contribution in [3.63, 3.8) is 0 Å². The number of ether oxygens (including phenoxy) is 1. The van der Waals surface area contributed by atoms with Crippen LogP contribution in [0.4, 0.5) is 5.69 Å². The number of phenolic OH excluding ortho intramolecular Hbond substituents is 1. The van der Waals surface area contributed by atoms with E-state index in [1.54, 1.807) is 6.92 Å². The summed E-state index contributed by atoms with van der Waals surface area (Å²) in [7, 11) is 0. The number of nitrogens with two attached hydrogens (primary N) is 4. The maximum absolute atomic E-state index is 14.9. The Hall–Kier alpha value is -9.33. The third-order valence-corrected chi connectivity index (χ3v) is 19.9. The highest BCUT2D eigenvalue weighted by atomic mass is 16.5. The third-order valence-electron chi connectivity index (χ3n) is 19.9. The molecule has 0 bridgehead atoms. The number of anilines is 1. The number of unbranched alkanes of at least 4 members (excludes halogenated alkanes) is 10. The number of amides is 14. The first-order chi connectivity index (χ1) is 54.5. The van der Waals surface area contributed by atoms with Gasteiger partial charge in [0.15, 0.2) is 0 Å². The van der Waals surface area contributed by atoms with Crippen molar-refractivity contribution in [3.8, 4) is 5.75 Å². The number of carbonyl (C=O) groups is 15. The number of nitrogens with zero attached hydrogens (tertiary/aromatic N) is 2. The van der Waals surface area contributed by atoms with Gasteiger partial charge in [-0.25, -0.2) is 0 Å². The maximum atomic E-state index is 14.9. The lowest BCUT2D eigenvalue weighted by molar-refractivity contribution is -0.155. The van der Waals surface area contributed by atoms with Gasteiger partial charge in [0.2, 0.25) is 82.7 Å². The Kier molecular flexibility index (Phi) is 43.8. The molecule has 116 heavy (non-hydrogen) atoms. The first-order valence-electron chi connectivity index (χ1n) is 39.5. The normalized spacial score (nSPS) is 19.5. The second kappa shape index (κ2) is 50.3. The van der Waals surface area contributed by atoms with Gasteiger partial charge in [-0.05, 0) is 96.9 Å². The van der Waals surface area contributed by atoms with Gasteiger partial charge in [0.25, 0.3) is 0 Å². The van der Waals surface area contributed by atoms with Gasteiger partial charge < -0.3 is 137 Å². The topological polar surface area (TPSA) is 678 Å². The third kappa shape index (κ3) is 33.0. The number of aromatic hydroxyl groups is 1. The van der Waals surface area contributed by atoms with Crippen LogP contribution in [-0.4, -0.2) is 293 Å². The van der Waals surface area contributed by atoms with E-state index in [-0.39, 0.29) is 24.1 Å². The number of phenols is 1. The molecule has 2 aliphatic rings. The average Bonchev–Trinajstić information content (AvgIpc) is 1.71. The Balaban J connectivity index is 1.92. The van der Waals surface area contributed by atoms with Crippen LogP contribution in [0.5, 0.6) is 5.75 Å². The molecular weight excluding hydrogens is 1520 g/mol. The number of aliphatic hydroxyl groups is 8. The number of hydrogen-bond acceptors (Lipinski definition) is 27. The summed E-state index contributed by atoms with van der Waals surface area (Å²) >= 11 is 0. The van der Waals surface area contributed by atoms with Crippen LogP contribution in [0.25, 0.3) is 0 Å². The lowest BCUT2D eigenvalue weighted by Crippen LogP contribution is -2.64. The molecule has 14 amide bonds. The number of nitrogens with one attached hydrogen (secondary N) is 10. The van der Waals surface area contributed by atoms with Crippen molar-refractivity contribution in [1.82, 2.24) is 57.7 Å². The molecule has 3 rings (SSSR count). The molecule has 20 atom stereocenters. The maximum Gasteiger partial charge on any atom is 0.308 e. The zero-order valence-corrected chi connectivity index (χ0v) is 67.6. The van der Waals surface area contributed by atoms with Crippen molar-refractivity contribution >= 4 is 94.4 Å². The summed E-state index contributed by atoms with van der Waals surface area (Å²) in [5, 5.41) is 119. The number of carbonyl (C=O) groups excluding carboxylic acids is 15. The van der Waals surface area contributed by atoms with Gasteiger partial charge in [-0.3, -0.25) is 71.9 Å². The summed E-state index contributed by atoms with van der Waals surface area (Å²) in [5.74, 6) is -18.4. The van der Waals surface area contributed by atoms with E-state index in [9.17, 15) is 118 Å². The van der Waals surface area contributed by atoms with Crippen molar-refractivity contribution in [2.24, 2.45) is 34.8 Å². The number of β-amino-alcohol motifs (C(OH)–C–C–N with tert-alkyl or cyclic N) is 1. The van der Waals surface area contributed by atoms with E-state index in [1.807, 2.05) is 0 Å². The number of hydrogen-bond donors (Lipinski definition) is 23. The lowest BCUT2D eigenvalue weighted by atomic mass is 9.99. The van der Waals surface area contributed by atoms with E-state index in [1.165, 1.54) is 71.9 Å². The van der Waals surface area contributed by atoms with Crippen molar-refractivity contribution in [3.05, 3.63) is 23.8 Å². The van der Waals surface area contributed by atoms with Gasteiger partial charge in [0, 0.05) is 25.9 Å². The van der Waals surface area contributed by atoms with Gasteiger partial charge in [-0.2, -0.15) is 0 Å². The highest BCUT2D eigenvalue weighted by Gasteiger charge is 2.48. The quantitative estimate of drug-likeness (QED) is 0.0164. The highest BCUT2D eigenvalue weighted by molar-refractivity contribution is 6.01. The summed E-state index contributed by atoms with van der Waals surface area (Å²) in [6, 6.07) is -16.1. The van der Waals surface area contributed by atoms with E-state index < -0.39 is 267 Å². The van der Waals surface area contributed by atoms with Crippen LogP contribution in [0.2, 0.25) is 0 Å². The number of benzene rings is 1. The van der Waals surface area contributed by atoms with E-state index in [0.29, 0.717) is 37.1 Å². The molecule has 41 nitrogen and oxygen atoms in total. The molecule has 27 N–H and O–H groups in total. The van der Waals surface area contributed by atoms with E-state index in [2.05, 4.69) is 60.1 Å². The molecule has 2 fully saturated rings. The molecule has 0 aliphatic carbocycles. The van der Waals surface area contributed by atoms with Crippen LogP contribution >= 0.6 is 0 Å². The first kappa shape index (κ1) is 101. The predicted octanol–water partition coefficient (Wildman–Crippen LogP) is -6.59. The molecule has 0 saturated carbocycles. The number of esters is 1. The fourth-order valence-corrected chi connectivity index (χ4v) is 13.0. The molecule has 1 aromatic rings. The molecule has 0 unspecified atom stereocenters. The van der Waals surface area contributed by atoms with Crippen LogP contribution < -0.4 is 76.1 Å². The van der Waals surface area contributed by atoms with Crippen molar-refractivity contribution in [1.29, 1.82) is 0 Å². The molecule has 2 heterocycles. The zero-order valence-electron chi connectivity index (χ0n) is 67.6. The van der Waals surface area contributed by atoms with Crippen molar-refractivity contribution in [2.45, 2.75) is 300 Å². The number of likely N-dealkylation sites (tertiary alicyclic amines) is 2. The molecule has 2 saturated heterocycles. The molecule has 1 aromatic carbocycles. The lowest BCUT2D eigenvalue weighted by Gasteiger charge is -2.34. The van der Waals surface area contributed by atoms with Crippen LogP contribution in [-0.2, 0) is 83.1 Å². The Bertz CT molecular complexity index is 3460. The van der Waals surface area contributed by atoms with Crippen LogP contribution in [0.1, 0.15) is 183 Å². The van der Waals surface area contributed by atoms with Crippen LogP contribution in [0.15, 0.2) is 18.2 Å². The molecule has 41 heteroatoms. The smallest absolute Gasteiger partial charge is 0.308 e. The van der Waals surface area contributed by atoms with Gasteiger partial charge in [-0.1, -0.05) is 98.0 Å². The minimum Gasteiger partial charge on any atom is -0.506 e. The second-order valence-corrected chi connectivity index (χ2v) is 30.4. The van der Waals surface area contributed by atoms with Crippen molar-refractivity contribution in [2.75, 3.05) is 38.1 Å². The molecule has 0 radical (unpaired) electrons. The molecule has 0 aromatic heterocycles. The van der Waals surface area contributed by atoms with Crippen LogP contribution in [0, 0.1) is 11.8 Å². The Morgan fingerprint density at radius 1 is 0.569 bits per heavy atom. The molecular formula is C75H126N16O25. The number of primary amides is 2. The van der Waals surface area contributed by atoms with Crippen molar-refractivity contribution < 1.29 is 123 Å². The van der Waals surface area contributed by atoms with E-state index >= 15 is 0 Å². The fraction of sp³-hybridized carbons (Fsp3) is 0.720. The zero-order chi connectivity index (χ0) is 87.5. The summed E-state index contributed by atoms with van der Waals surface area (Å²) in [4.78, 5) is 206. The standard InChI is InChI=1S/C75H126N16O25/c1-10-11-12-13-14-15-16-17-18-19-20-23-46(116-75(115)38(4)22-21-27-76)32-55(102)84-59(41(7)94)70(110)81-39(5)65(105)83-49(30-44-24-25-51(98)48(29-44)82-66(106)47(77)36-92)67(107)86-57(37(2)3)73(113)91-35-45(97)31-50(91)68(108)87-60(42(8)95)71(111)88-61(43(9)96)74(114)90-28-26-52(99)63(90)72(112)89-62(53(100)33-54(78)101)69(109)80-34-56(103)85-58(40(6)93)64(79)104/h24-25,29,37-43,45-47,49-50,52-53,57-63,92-100H,10-23,26-28,30-36,76-77H2,1-9H3,(H2,78,101)(H2,79,104)(H,80,109)(H,81,110)(H,82,106)(H,83,105)(H,84,102)(H,85,103)(H,86,107)(H,87,108)(H,88,111)(H,89,112)/t38-,39+,40+,41+,42+,43+,45+,46+,47+,49-,50-,52-,53+,57-,58+,59+,60+,61-,62-,63-/m0/s1. The summed E-state index contributed by atoms with van der Waals surface area (Å²) in [5.41, 5.74) is 21.7. The monoisotopic (exact) mass is 1650 g/mol. The predicted molar refractivity (Wildman–Crippen MR) is 415 cm³/mol. The summed E-state index contributed by atoms with van der Waals surface area (Å²) in [6.07, 6.45) is -2.88. The largest absolute Gasteiger partial charge is 0.506 e. The van der Waals surface area contributed by atoms with Gasteiger partial charge in [0.1, 0.15) is 78.3 Å². The van der Waals surface area contributed by atoms with Crippen LogP contribution in [0.3, 0.4) is 0 Å².